The molecule has 1 aliphatic carbocycles. The van der Waals surface area contributed by atoms with Crippen LogP contribution in [-0.2, 0) is 4.79 Å². The van der Waals surface area contributed by atoms with Gasteiger partial charge >= 0.3 is 0 Å². The van der Waals surface area contributed by atoms with Crippen LogP contribution < -0.4 is 10.6 Å². The maximum absolute atomic E-state index is 11.6. The summed E-state index contributed by atoms with van der Waals surface area (Å²) >= 11 is 0. The highest BCUT2D eigenvalue weighted by Crippen LogP contribution is 2.26. The van der Waals surface area contributed by atoms with E-state index in [9.17, 15) is 4.79 Å². The van der Waals surface area contributed by atoms with Gasteiger partial charge in [0.15, 0.2) is 0 Å². The van der Waals surface area contributed by atoms with Crippen LogP contribution in [0.1, 0.15) is 59.3 Å². The third-order valence-corrected chi connectivity index (χ3v) is 4.00. The molecule has 1 rings (SSSR count). The Morgan fingerprint density at radius 1 is 1.24 bits per heavy atom. The summed E-state index contributed by atoms with van der Waals surface area (Å²) in [7, 11) is 0. The minimum atomic E-state index is 0.136. The summed E-state index contributed by atoms with van der Waals surface area (Å²) in [6.45, 7) is 6.89. The summed E-state index contributed by atoms with van der Waals surface area (Å²) in [5.41, 5.74) is 0. The lowest BCUT2D eigenvalue weighted by molar-refractivity contribution is -0.121. The Morgan fingerprint density at radius 2 is 1.88 bits per heavy atom. The first-order valence-corrected chi connectivity index (χ1v) is 7.18. The van der Waals surface area contributed by atoms with Gasteiger partial charge in [0.1, 0.15) is 0 Å². The van der Waals surface area contributed by atoms with Gasteiger partial charge in [-0.1, -0.05) is 20.3 Å². The van der Waals surface area contributed by atoms with Crippen LogP contribution in [0.5, 0.6) is 0 Å². The van der Waals surface area contributed by atoms with Crippen molar-refractivity contribution in [3.8, 4) is 0 Å². The lowest BCUT2D eigenvalue weighted by Crippen LogP contribution is -2.43. The Labute approximate surface area is 106 Å². The van der Waals surface area contributed by atoms with Crippen LogP contribution in [0.15, 0.2) is 0 Å². The monoisotopic (exact) mass is 240 g/mol. The first-order valence-electron chi connectivity index (χ1n) is 7.18. The molecule has 0 saturated heterocycles. The van der Waals surface area contributed by atoms with Gasteiger partial charge in [-0.15, -0.1) is 0 Å². The van der Waals surface area contributed by atoms with Crippen LogP contribution in [0.25, 0.3) is 0 Å². The number of hydrogen-bond donors (Lipinski definition) is 2. The lowest BCUT2D eigenvalue weighted by Gasteiger charge is -2.28. The first kappa shape index (κ1) is 14.5. The predicted molar refractivity (Wildman–Crippen MR) is 71.9 cm³/mol. The van der Waals surface area contributed by atoms with E-state index in [-0.39, 0.29) is 5.91 Å². The fraction of sp³-hybridized carbons (Fsp3) is 0.929. The first-order chi connectivity index (χ1) is 8.15. The van der Waals surface area contributed by atoms with Gasteiger partial charge in [-0.2, -0.15) is 0 Å². The van der Waals surface area contributed by atoms with Gasteiger partial charge in [0.2, 0.25) is 5.91 Å². The molecule has 0 aliphatic heterocycles. The van der Waals surface area contributed by atoms with Crippen molar-refractivity contribution in [1.82, 2.24) is 10.6 Å². The quantitative estimate of drug-likeness (QED) is 0.749. The van der Waals surface area contributed by atoms with E-state index >= 15 is 0 Å². The maximum Gasteiger partial charge on any atom is 0.234 e. The molecule has 1 saturated carbocycles. The number of nitrogens with one attached hydrogen (secondary N) is 2. The minimum absolute atomic E-state index is 0.136. The van der Waals surface area contributed by atoms with Crippen LogP contribution in [0.2, 0.25) is 0 Å². The van der Waals surface area contributed by atoms with Crippen LogP contribution in [-0.4, -0.2) is 24.5 Å². The van der Waals surface area contributed by atoms with E-state index in [4.69, 9.17) is 0 Å². The van der Waals surface area contributed by atoms with Crippen molar-refractivity contribution in [3.63, 3.8) is 0 Å². The molecule has 0 aromatic rings. The molecule has 0 spiro atoms. The molecule has 1 aliphatic rings. The van der Waals surface area contributed by atoms with Crippen LogP contribution in [0.3, 0.4) is 0 Å². The van der Waals surface area contributed by atoms with Crippen molar-refractivity contribution in [1.29, 1.82) is 0 Å². The van der Waals surface area contributed by atoms with E-state index in [1.54, 1.807) is 0 Å². The van der Waals surface area contributed by atoms with Gasteiger partial charge in [0, 0.05) is 12.1 Å². The highest BCUT2D eigenvalue weighted by atomic mass is 16.1. The van der Waals surface area contributed by atoms with Gasteiger partial charge in [0.05, 0.1) is 6.54 Å². The van der Waals surface area contributed by atoms with E-state index in [0.29, 0.717) is 18.6 Å². The largest absolute Gasteiger partial charge is 0.353 e. The molecule has 1 fully saturated rings. The normalized spacial score (nSPS) is 26.5. The summed E-state index contributed by atoms with van der Waals surface area (Å²) in [5.74, 6) is 1.05. The molecule has 0 aromatic carbocycles. The average Bonchev–Trinajstić information content (AvgIpc) is 2.36. The zero-order valence-electron chi connectivity index (χ0n) is 11.6. The highest BCUT2D eigenvalue weighted by molar-refractivity contribution is 5.78. The summed E-state index contributed by atoms with van der Waals surface area (Å²) in [4.78, 5) is 11.6. The van der Waals surface area contributed by atoms with E-state index in [0.717, 1.165) is 12.3 Å². The van der Waals surface area contributed by atoms with Crippen LogP contribution in [0.4, 0.5) is 0 Å². The zero-order valence-corrected chi connectivity index (χ0v) is 11.6. The third kappa shape index (κ3) is 5.53. The molecular formula is C14H28N2O. The Balaban J connectivity index is 2.12. The predicted octanol–water partition coefficient (Wildman–Crippen LogP) is 2.46. The van der Waals surface area contributed by atoms with Crippen LogP contribution in [0, 0.1) is 5.92 Å². The highest BCUT2D eigenvalue weighted by Gasteiger charge is 2.20. The number of amides is 1. The second-order valence-corrected chi connectivity index (χ2v) is 5.38. The smallest absolute Gasteiger partial charge is 0.234 e. The molecule has 2 N–H and O–H groups in total. The fourth-order valence-electron chi connectivity index (χ4n) is 2.44. The molecule has 100 valence electrons. The van der Waals surface area contributed by atoms with Crippen molar-refractivity contribution >= 4 is 5.91 Å². The fourth-order valence-corrected chi connectivity index (χ4v) is 2.44. The summed E-state index contributed by atoms with van der Waals surface area (Å²) < 4.78 is 0. The number of hydrogen-bond acceptors (Lipinski definition) is 2. The summed E-state index contributed by atoms with van der Waals surface area (Å²) in [5, 5.41) is 6.37. The standard InChI is InChI=1S/C14H28N2O/c1-4-11(3)16-14(17)10-15-13-8-6-12(5-2)7-9-13/h11-13,15H,4-10H2,1-3H3,(H,16,17). The van der Waals surface area contributed by atoms with Crippen molar-refractivity contribution in [3.05, 3.63) is 0 Å². The van der Waals surface area contributed by atoms with E-state index in [1.165, 1.54) is 32.1 Å². The number of rotatable bonds is 6. The van der Waals surface area contributed by atoms with Gasteiger partial charge in [-0.05, 0) is 44.9 Å². The lowest BCUT2D eigenvalue weighted by atomic mass is 9.84. The van der Waals surface area contributed by atoms with Gasteiger partial charge in [-0.25, -0.2) is 0 Å². The Morgan fingerprint density at radius 3 is 2.41 bits per heavy atom. The van der Waals surface area contributed by atoms with E-state index in [2.05, 4.69) is 24.5 Å². The Bertz CT molecular complexity index is 222. The Kier molecular flexibility index (Phi) is 6.56. The second kappa shape index (κ2) is 7.70. The van der Waals surface area contributed by atoms with Crippen molar-refractivity contribution in [2.45, 2.75) is 71.4 Å². The van der Waals surface area contributed by atoms with E-state index < -0.39 is 0 Å². The van der Waals surface area contributed by atoms with Gasteiger partial charge in [-0.3, -0.25) is 4.79 Å². The molecule has 3 heteroatoms. The van der Waals surface area contributed by atoms with Gasteiger partial charge < -0.3 is 10.6 Å². The molecule has 0 heterocycles. The molecule has 17 heavy (non-hydrogen) atoms. The maximum atomic E-state index is 11.6. The number of carbonyl (C=O) groups excluding carboxylic acids is 1. The minimum Gasteiger partial charge on any atom is -0.353 e. The van der Waals surface area contributed by atoms with Crippen molar-refractivity contribution in [2.75, 3.05) is 6.54 Å². The molecule has 1 atom stereocenters. The molecule has 3 nitrogen and oxygen atoms in total. The summed E-state index contributed by atoms with van der Waals surface area (Å²) in [6, 6.07) is 0.848. The SMILES string of the molecule is CCC1CCC(NCC(=O)NC(C)CC)CC1. The van der Waals surface area contributed by atoms with E-state index in [1.807, 2.05) is 6.92 Å². The average molecular weight is 240 g/mol. The topological polar surface area (TPSA) is 41.1 Å². The molecule has 1 amide bonds. The number of carbonyl (C=O) groups is 1. The Hall–Kier alpha value is -0.570. The zero-order chi connectivity index (χ0) is 12.7. The van der Waals surface area contributed by atoms with Crippen molar-refractivity contribution in [2.24, 2.45) is 5.92 Å². The summed E-state index contributed by atoms with van der Waals surface area (Å²) in [6.07, 6.45) is 7.40. The van der Waals surface area contributed by atoms with Gasteiger partial charge in [0.25, 0.3) is 0 Å². The van der Waals surface area contributed by atoms with Crippen LogP contribution >= 0.6 is 0 Å². The van der Waals surface area contributed by atoms with Crippen molar-refractivity contribution < 1.29 is 4.79 Å². The second-order valence-electron chi connectivity index (χ2n) is 5.38. The molecular weight excluding hydrogens is 212 g/mol. The molecule has 0 radical (unpaired) electrons. The molecule has 1 unspecified atom stereocenters. The molecule has 0 aromatic heterocycles. The third-order valence-electron chi connectivity index (χ3n) is 4.00. The molecule has 0 bridgehead atoms.